The van der Waals surface area contributed by atoms with Gasteiger partial charge in [-0.3, -0.25) is 9.59 Å². The first kappa shape index (κ1) is 22.4. The Kier molecular flexibility index (Phi) is 11.1. The fourth-order valence-corrected chi connectivity index (χ4v) is 2.74. The van der Waals surface area contributed by atoms with Gasteiger partial charge in [0.2, 0.25) is 5.91 Å². The molecule has 0 aromatic heterocycles. The zero-order chi connectivity index (χ0) is 18.6. The highest BCUT2D eigenvalue weighted by Crippen LogP contribution is 2.14. The Labute approximate surface area is 144 Å². The molecule has 0 saturated carbocycles. The van der Waals surface area contributed by atoms with Crippen molar-refractivity contribution < 1.29 is 29.3 Å². The smallest absolute Gasteiger partial charge is 0.407 e. The van der Waals surface area contributed by atoms with Crippen molar-refractivity contribution in [3.8, 4) is 0 Å². The third-order valence-electron chi connectivity index (χ3n) is 3.88. The summed E-state index contributed by atoms with van der Waals surface area (Å²) in [5.41, 5.74) is 0. The number of hydrogen-bond donors (Lipinski definition) is 4. The minimum atomic E-state index is -1.30. The normalized spacial score (nSPS) is 12.3. The van der Waals surface area contributed by atoms with E-state index in [9.17, 15) is 14.4 Å². The topological polar surface area (TPSA) is 125 Å². The Hall–Kier alpha value is -1.61. The predicted octanol–water partition coefficient (Wildman–Crippen LogP) is 1.17. The molecule has 0 aromatic carbocycles. The molecule has 9 heteroatoms. The maximum Gasteiger partial charge on any atom is 0.407 e. The summed E-state index contributed by atoms with van der Waals surface area (Å²) in [6, 6.07) is 1.54. The van der Waals surface area contributed by atoms with Crippen LogP contribution in [0.3, 0.4) is 0 Å². The van der Waals surface area contributed by atoms with Gasteiger partial charge in [-0.2, -0.15) is 0 Å². The summed E-state index contributed by atoms with van der Waals surface area (Å²) in [6.07, 6.45) is -0.677. The van der Waals surface area contributed by atoms with Gasteiger partial charge in [-0.1, -0.05) is 26.1 Å². The van der Waals surface area contributed by atoms with Gasteiger partial charge in [-0.25, -0.2) is 4.79 Å². The van der Waals surface area contributed by atoms with Crippen LogP contribution < -0.4 is 10.6 Å². The molecule has 0 radical (unpaired) electrons. The van der Waals surface area contributed by atoms with Gasteiger partial charge in [0.25, 0.3) is 0 Å². The van der Waals surface area contributed by atoms with Crippen molar-refractivity contribution in [2.45, 2.75) is 57.4 Å². The van der Waals surface area contributed by atoms with Crippen LogP contribution in [0.1, 0.15) is 26.2 Å². The van der Waals surface area contributed by atoms with Crippen molar-refractivity contribution in [1.29, 1.82) is 0 Å². The van der Waals surface area contributed by atoms with E-state index in [0.717, 1.165) is 12.1 Å². The second-order valence-corrected chi connectivity index (χ2v) is 12.0. The molecule has 0 aromatic rings. The summed E-state index contributed by atoms with van der Waals surface area (Å²) < 4.78 is 5.15. The molecule has 0 fully saturated rings. The van der Waals surface area contributed by atoms with E-state index < -0.39 is 32.1 Å². The number of aliphatic carboxylic acids is 1. The molecule has 4 N–H and O–H groups in total. The quantitative estimate of drug-likeness (QED) is 0.386. The monoisotopic (exact) mass is 362 g/mol. The lowest BCUT2D eigenvalue weighted by molar-refractivity contribution is -0.138. The van der Waals surface area contributed by atoms with E-state index in [2.05, 4.69) is 30.7 Å². The molecule has 1 atom stereocenters. The number of alkyl carbamates (subject to hydrolysis) is 1. The Morgan fingerprint density at radius 3 is 2.42 bits per heavy atom. The molecule has 0 bridgehead atoms. The number of carboxylic acids is 1. The summed E-state index contributed by atoms with van der Waals surface area (Å²) in [5, 5.41) is 22.7. The van der Waals surface area contributed by atoms with Gasteiger partial charge in [-0.05, 0) is 12.5 Å². The van der Waals surface area contributed by atoms with Crippen LogP contribution in [-0.4, -0.2) is 62.1 Å². The van der Waals surface area contributed by atoms with Gasteiger partial charge in [0, 0.05) is 19.6 Å². The maximum atomic E-state index is 11.8. The van der Waals surface area contributed by atoms with Crippen LogP contribution in [0.4, 0.5) is 4.79 Å². The van der Waals surface area contributed by atoms with Crippen molar-refractivity contribution in [3.05, 3.63) is 0 Å². The number of carbonyl (C=O) groups is 3. The maximum absolute atomic E-state index is 11.8. The summed E-state index contributed by atoms with van der Waals surface area (Å²) in [6.45, 7) is 6.92. The van der Waals surface area contributed by atoms with Crippen LogP contribution in [0.25, 0.3) is 0 Å². The average molecular weight is 362 g/mol. The lowest BCUT2D eigenvalue weighted by Crippen LogP contribution is -2.44. The summed E-state index contributed by atoms with van der Waals surface area (Å²) in [7, 11) is -1.30. The molecule has 8 nitrogen and oxygen atoms in total. The van der Waals surface area contributed by atoms with Gasteiger partial charge in [-0.15, -0.1) is 0 Å². The van der Waals surface area contributed by atoms with E-state index in [-0.39, 0.29) is 32.4 Å². The third kappa shape index (κ3) is 11.9. The first-order chi connectivity index (χ1) is 11.2. The van der Waals surface area contributed by atoms with E-state index >= 15 is 0 Å². The SMILES string of the molecule is CC[Si](C)(C)CCOC(=O)N[C@@H](CCO)CNC(=O)CCC(=O)O. The number of carbonyl (C=O) groups excluding carboxylic acids is 2. The Morgan fingerprint density at radius 1 is 1.21 bits per heavy atom. The number of hydrogen-bond acceptors (Lipinski definition) is 5. The van der Waals surface area contributed by atoms with Gasteiger partial charge in [0.1, 0.15) is 0 Å². The molecule has 0 unspecified atom stereocenters. The summed E-state index contributed by atoms with van der Waals surface area (Å²) in [4.78, 5) is 33.7. The predicted molar refractivity (Wildman–Crippen MR) is 92.6 cm³/mol. The standard InChI is InChI=1S/C15H30N2O6Si/c1-4-24(2,3)10-9-23-15(22)17-12(7-8-18)11-16-13(19)5-6-14(20)21/h12,18H,4-11H2,1-3H3,(H,16,19)(H,17,22)(H,20,21)/t12-/m0/s1. The van der Waals surface area contributed by atoms with Gasteiger partial charge < -0.3 is 25.6 Å². The van der Waals surface area contributed by atoms with Crippen LogP contribution in [0.15, 0.2) is 0 Å². The number of carboxylic acid groups (broad SMARTS) is 1. The molecule has 0 aliphatic carbocycles. The molecule has 0 aliphatic heterocycles. The van der Waals surface area contributed by atoms with Crippen molar-refractivity contribution in [1.82, 2.24) is 10.6 Å². The number of ether oxygens (including phenoxy) is 1. The highest BCUT2D eigenvalue weighted by Gasteiger charge is 2.19. The largest absolute Gasteiger partial charge is 0.481 e. The molecular formula is C15H30N2O6Si. The van der Waals surface area contributed by atoms with Crippen molar-refractivity contribution in [2.24, 2.45) is 0 Å². The lowest BCUT2D eigenvalue weighted by Gasteiger charge is -2.21. The number of nitrogens with one attached hydrogen (secondary N) is 2. The van der Waals surface area contributed by atoms with Crippen LogP contribution in [0.2, 0.25) is 25.2 Å². The molecule has 0 spiro atoms. The first-order valence-corrected chi connectivity index (χ1v) is 11.6. The highest BCUT2D eigenvalue weighted by molar-refractivity contribution is 6.77. The van der Waals surface area contributed by atoms with E-state index in [1.807, 2.05) is 0 Å². The van der Waals surface area contributed by atoms with E-state index in [4.69, 9.17) is 14.9 Å². The second-order valence-electron chi connectivity index (χ2n) is 6.46. The molecule has 0 heterocycles. The van der Waals surface area contributed by atoms with Crippen LogP contribution in [-0.2, 0) is 14.3 Å². The van der Waals surface area contributed by atoms with Crippen LogP contribution >= 0.6 is 0 Å². The third-order valence-corrected chi connectivity index (χ3v) is 7.35. The Balaban J connectivity index is 4.15. The van der Waals surface area contributed by atoms with Crippen LogP contribution in [0.5, 0.6) is 0 Å². The molecule has 0 saturated heterocycles. The fraction of sp³-hybridized carbons (Fsp3) is 0.800. The van der Waals surface area contributed by atoms with Gasteiger partial charge in [0.05, 0.1) is 27.1 Å². The lowest BCUT2D eigenvalue weighted by atomic mass is 10.2. The summed E-state index contributed by atoms with van der Waals surface area (Å²) in [5.74, 6) is -1.46. The molecule has 0 rings (SSSR count). The van der Waals surface area contributed by atoms with E-state index in [1.54, 1.807) is 0 Å². The molecule has 0 aliphatic rings. The number of aliphatic hydroxyl groups excluding tert-OH is 1. The molecule has 140 valence electrons. The van der Waals surface area contributed by atoms with Gasteiger partial charge in [0.15, 0.2) is 0 Å². The van der Waals surface area contributed by atoms with Crippen molar-refractivity contribution in [3.63, 3.8) is 0 Å². The zero-order valence-corrected chi connectivity index (χ0v) is 15.8. The minimum Gasteiger partial charge on any atom is -0.481 e. The fourth-order valence-electron chi connectivity index (χ4n) is 1.73. The summed E-state index contributed by atoms with van der Waals surface area (Å²) >= 11 is 0. The highest BCUT2D eigenvalue weighted by atomic mass is 28.3. The number of amides is 2. The number of rotatable bonds is 12. The number of aliphatic hydroxyl groups is 1. The van der Waals surface area contributed by atoms with E-state index in [1.165, 1.54) is 0 Å². The van der Waals surface area contributed by atoms with Crippen LogP contribution in [0, 0.1) is 0 Å². The Bertz CT molecular complexity index is 417. The van der Waals surface area contributed by atoms with E-state index in [0.29, 0.717) is 6.61 Å². The first-order valence-electron chi connectivity index (χ1n) is 8.23. The molecule has 2 amide bonds. The minimum absolute atomic E-state index is 0.114. The Morgan fingerprint density at radius 2 is 1.88 bits per heavy atom. The zero-order valence-electron chi connectivity index (χ0n) is 14.8. The average Bonchev–Trinajstić information content (AvgIpc) is 2.50. The molecule has 24 heavy (non-hydrogen) atoms. The van der Waals surface area contributed by atoms with Gasteiger partial charge >= 0.3 is 12.1 Å². The second kappa shape index (κ2) is 11.9. The van der Waals surface area contributed by atoms with Crippen molar-refractivity contribution >= 4 is 26.0 Å². The molecular weight excluding hydrogens is 332 g/mol. The van der Waals surface area contributed by atoms with Crippen molar-refractivity contribution in [2.75, 3.05) is 19.8 Å².